The highest BCUT2D eigenvalue weighted by Gasteiger charge is 2.15. The molecule has 0 saturated carbocycles. The fourth-order valence-electron chi connectivity index (χ4n) is 2.94. The minimum absolute atomic E-state index is 0.00248. The minimum atomic E-state index is -0.445. The molecule has 0 aliphatic carbocycles. The van der Waals surface area contributed by atoms with Gasteiger partial charge in [-0.1, -0.05) is 32.9 Å². The summed E-state index contributed by atoms with van der Waals surface area (Å²) in [5, 5.41) is 2.73. The molecule has 2 rings (SSSR count). The Hall–Kier alpha value is -3.15. The molecule has 0 aliphatic rings. The second-order valence-electron chi connectivity index (χ2n) is 8.31. The Kier molecular flexibility index (Phi) is 8.37. The Balaban J connectivity index is 1.85. The Morgan fingerprint density at radius 3 is 2.19 bits per heavy atom. The fraction of sp³-hybridized carbons (Fsp3) is 0.400. The van der Waals surface area contributed by atoms with E-state index in [4.69, 9.17) is 9.47 Å². The van der Waals surface area contributed by atoms with Crippen LogP contribution in [0.4, 0.5) is 0 Å². The van der Waals surface area contributed by atoms with Crippen LogP contribution in [0.5, 0.6) is 5.75 Å². The molecule has 0 aliphatic heterocycles. The number of hydrogen-bond donors (Lipinski definition) is 1. The van der Waals surface area contributed by atoms with Crippen molar-refractivity contribution >= 4 is 17.7 Å². The van der Waals surface area contributed by atoms with Crippen molar-refractivity contribution in [1.82, 2.24) is 5.32 Å². The molecule has 0 fully saturated rings. The zero-order valence-electron chi connectivity index (χ0n) is 18.9. The van der Waals surface area contributed by atoms with Gasteiger partial charge in [0.05, 0.1) is 13.0 Å². The van der Waals surface area contributed by atoms with E-state index in [1.165, 1.54) is 6.92 Å². The van der Waals surface area contributed by atoms with Crippen LogP contribution in [-0.4, -0.2) is 30.8 Å². The van der Waals surface area contributed by atoms with E-state index < -0.39 is 5.97 Å². The van der Waals surface area contributed by atoms with E-state index in [2.05, 4.69) is 26.1 Å². The molecule has 2 aromatic rings. The maximum Gasteiger partial charge on any atom is 0.307 e. The van der Waals surface area contributed by atoms with Gasteiger partial charge >= 0.3 is 5.97 Å². The number of carbonyl (C=O) groups is 3. The summed E-state index contributed by atoms with van der Waals surface area (Å²) >= 11 is 0. The summed E-state index contributed by atoms with van der Waals surface area (Å²) in [4.78, 5) is 36.0. The number of carbonyl (C=O) groups excluding carboxylic acids is 3. The second kappa shape index (κ2) is 10.8. The topological polar surface area (TPSA) is 81.7 Å². The first-order valence-electron chi connectivity index (χ1n) is 10.4. The van der Waals surface area contributed by atoms with Crippen LogP contribution in [0.1, 0.15) is 72.9 Å². The van der Waals surface area contributed by atoms with Crippen LogP contribution in [0.2, 0.25) is 0 Å². The summed E-state index contributed by atoms with van der Waals surface area (Å²) in [5.74, 6) is -0.179. The van der Waals surface area contributed by atoms with Gasteiger partial charge in [-0.3, -0.25) is 14.4 Å². The van der Waals surface area contributed by atoms with E-state index >= 15 is 0 Å². The summed E-state index contributed by atoms with van der Waals surface area (Å²) in [6, 6.07) is 12.5. The van der Waals surface area contributed by atoms with E-state index in [1.54, 1.807) is 30.3 Å². The lowest BCUT2D eigenvalue weighted by atomic mass is 9.87. The van der Waals surface area contributed by atoms with Crippen LogP contribution in [0.25, 0.3) is 0 Å². The highest BCUT2D eigenvalue weighted by Crippen LogP contribution is 2.23. The van der Waals surface area contributed by atoms with Gasteiger partial charge in [-0.15, -0.1) is 0 Å². The molecule has 166 valence electrons. The lowest BCUT2D eigenvalue weighted by Gasteiger charge is -2.19. The van der Waals surface area contributed by atoms with Crippen LogP contribution in [0.15, 0.2) is 42.5 Å². The minimum Gasteiger partial charge on any atom is -0.493 e. The predicted molar refractivity (Wildman–Crippen MR) is 120 cm³/mol. The van der Waals surface area contributed by atoms with Crippen molar-refractivity contribution in [1.29, 1.82) is 0 Å². The van der Waals surface area contributed by atoms with Crippen molar-refractivity contribution in [3.63, 3.8) is 0 Å². The zero-order valence-corrected chi connectivity index (χ0v) is 18.9. The number of nitrogens with one attached hydrogen (secondary N) is 1. The number of Topliss-reactive ketones (excluding diaryl/α,β-unsaturated/α-hetero) is 1. The molecule has 0 radical (unpaired) electrons. The highest BCUT2D eigenvalue weighted by atomic mass is 16.5. The standard InChI is InChI=1S/C25H31NO5/c1-6-30-22-12-9-19(17(2)27)15-20(22)16-31-23(28)13-14-26-24(29)18-7-10-21(11-8-18)25(3,4)5/h7-12,15H,6,13-14,16H2,1-5H3,(H,26,29). The van der Waals surface area contributed by atoms with Crippen LogP contribution >= 0.6 is 0 Å². The first kappa shape index (κ1) is 24.1. The number of ether oxygens (including phenoxy) is 2. The molecule has 0 unspecified atom stereocenters. The van der Waals surface area contributed by atoms with E-state index in [1.807, 2.05) is 19.1 Å². The third kappa shape index (κ3) is 7.24. The number of esters is 1. The molecule has 1 N–H and O–H groups in total. The third-order valence-corrected chi connectivity index (χ3v) is 4.78. The summed E-state index contributed by atoms with van der Waals surface area (Å²) < 4.78 is 10.8. The molecule has 2 aromatic carbocycles. The molecule has 0 atom stereocenters. The largest absolute Gasteiger partial charge is 0.493 e. The molecule has 0 bridgehead atoms. The highest BCUT2D eigenvalue weighted by molar-refractivity contribution is 5.95. The maximum atomic E-state index is 12.3. The Bertz CT molecular complexity index is 926. The first-order valence-corrected chi connectivity index (χ1v) is 10.4. The van der Waals surface area contributed by atoms with Crippen molar-refractivity contribution in [2.45, 2.75) is 53.1 Å². The van der Waals surface area contributed by atoms with Crippen molar-refractivity contribution in [3.05, 3.63) is 64.7 Å². The number of rotatable bonds is 9. The average Bonchev–Trinajstić information content (AvgIpc) is 2.72. The number of amides is 1. The van der Waals surface area contributed by atoms with Gasteiger partial charge in [-0.25, -0.2) is 0 Å². The average molecular weight is 426 g/mol. The van der Waals surface area contributed by atoms with Gasteiger partial charge in [0.2, 0.25) is 0 Å². The van der Waals surface area contributed by atoms with Crippen LogP contribution in [0, 0.1) is 0 Å². The Labute approximate surface area is 183 Å². The third-order valence-electron chi connectivity index (χ3n) is 4.78. The molecule has 31 heavy (non-hydrogen) atoms. The van der Waals surface area contributed by atoms with Crippen LogP contribution in [0.3, 0.4) is 0 Å². The second-order valence-corrected chi connectivity index (χ2v) is 8.31. The molecule has 1 amide bonds. The van der Waals surface area contributed by atoms with Gasteiger partial charge in [-0.2, -0.15) is 0 Å². The summed E-state index contributed by atoms with van der Waals surface area (Å²) in [6.07, 6.45) is 0.0438. The maximum absolute atomic E-state index is 12.3. The SMILES string of the molecule is CCOc1ccc(C(C)=O)cc1COC(=O)CCNC(=O)c1ccc(C(C)(C)C)cc1. The Morgan fingerprint density at radius 2 is 1.61 bits per heavy atom. The van der Waals surface area contributed by atoms with Gasteiger partial charge in [0.1, 0.15) is 12.4 Å². The Morgan fingerprint density at radius 1 is 0.968 bits per heavy atom. The monoisotopic (exact) mass is 425 g/mol. The fourth-order valence-corrected chi connectivity index (χ4v) is 2.94. The summed E-state index contributed by atoms with van der Waals surface area (Å²) in [6.45, 7) is 10.3. The zero-order chi connectivity index (χ0) is 23.0. The molecule has 0 heterocycles. The van der Waals surface area contributed by atoms with Crippen molar-refractivity contribution in [3.8, 4) is 5.75 Å². The molecule has 6 heteroatoms. The van der Waals surface area contributed by atoms with Crippen LogP contribution < -0.4 is 10.1 Å². The molecule has 0 saturated heterocycles. The molecular formula is C25H31NO5. The van der Waals surface area contributed by atoms with Gasteiger partial charge < -0.3 is 14.8 Å². The predicted octanol–water partition coefficient (Wildman–Crippen LogP) is 4.45. The smallest absolute Gasteiger partial charge is 0.307 e. The van der Waals surface area contributed by atoms with E-state index in [0.29, 0.717) is 29.0 Å². The van der Waals surface area contributed by atoms with Gasteiger partial charge in [0.15, 0.2) is 5.78 Å². The van der Waals surface area contributed by atoms with Gasteiger partial charge in [0.25, 0.3) is 5.91 Å². The van der Waals surface area contributed by atoms with E-state index in [-0.39, 0.29) is 36.7 Å². The normalized spacial score (nSPS) is 11.0. The molecule has 0 spiro atoms. The number of hydrogen-bond acceptors (Lipinski definition) is 5. The molecule has 0 aromatic heterocycles. The summed E-state index contributed by atoms with van der Waals surface area (Å²) in [5.41, 5.74) is 2.87. The van der Waals surface area contributed by atoms with Gasteiger partial charge in [0, 0.05) is 23.2 Å². The van der Waals surface area contributed by atoms with Gasteiger partial charge in [-0.05, 0) is 55.2 Å². The lowest BCUT2D eigenvalue weighted by molar-refractivity contribution is -0.144. The van der Waals surface area contributed by atoms with Crippen molar-refractivity contribution in [2.24, 2.45) is 0 Å². The first-order chi connectivity index (χ1) is 14.6. The van der Waals surface area contributed by atoms with E-state index in [9.17, 15) is 14.4 Å². The molecular weight excluding hydrogens is 394 g/mol. The van der Waals surface area contributed by atoms with Crippen molar-refractivity contribution < 1.29 is 23.9 Å². The number of benzene rings is 2. The lowest BCUT2D eigenvalue weighted by Crippen LogP contribution is -2.26. The van der Waals surface area contributed by atoms with Crippen LogP contribution in [-0.2, 0) is 21.6 Å². The quantitative estimate of drug-likeness (QED) is 0.474. The number of ketones is 1. The summed E-state index contributed by atoms with van der Waals surface area (Å²) in [7, 11) is 0. The van der Waals surface area contributed by atoms with E-state index in [0.717, 1.165) is 5.56 Å². The molecule has 6 nitrogen and oxygen atoms in total. The van der Waals surface area contributed by atoms with Crippen molar-refractivity contribution in [2.75, 3.05) is 13.2 Å².